The summed E-state index contributed by atoms with van der Waals surface area (Å²) in [6.45, 7) is 6.89. The van der Waals surface area contributed by atoms with Crippen molar-refractivity contribution in [1.29, 1.82) is 0 Å². The molecule has 3 aromatic rings. The number of hydrogen-bond acceptors (Lipinski definition) is 5. The Morgan fingerprint density at radius 1 is 1.04 bits per heavy atom. The topological polar surface area (TPSA) is 75.3 Å². The molecule has 0 fully saturated rings. The number of rotatable bonds is 4. The SMILES string of the molecule is CC(C)(C)c1nnc2ccc(NCc3ccccc3CO)nn12. The lowest BCUT2D eigenvalue weighted by Crippen LogP contribution is -2.17. The lowest BCUT2D eigenvalue weighted by atomic mass is 9.96. The van der Waals surface area contributed by atoms with Gasteiger partial charge in [-0.3, -0.25) is 0 Å². The van der Waals surface area contributed by atoms with Gasteiger partial charge in [-0.25, -0.2) is 0 Å². The highest BCUT2D eigenvalue weighted by Gasteiger charge is 2.21. The van der Waals surface area contributed by atoms with Gasteiger partial charge in [-0.05, 0) is 23.3 Å². The lowest BCUT2D eigenvalue weighted by molar-refractivity contribution is 0.280. The number of aromatic nitrogens is 4. The van der Waals surface area contributed by atoms with Crippen molar-refractivity contribution in [1.82, 2.24) is 19.8 Å². The lowest BCUT2D eigenvalue weighted by Gasteiger charge is -2.15. The minimum Gasteiger partial charge on any atom is -0.392 e. The zero-order valence-electron chi connectivity index (χ0n) is 13.6. The molecule has 6 nitrogen and oxygen atoms in total. The van der Waals surface area contributed by atoms with Gasteiger partial charge in [0.1, 0.15) is 5.82 Å². The molecule has 0 saturated carbocycles. The maximum absolute atomic E-state index is 9.39. The molecule has 0 amide bonds. The molecule has 0 aliphatic carbocycles. The maximum atomic E-state index is 9.39. The minimum absolute atomic E-state index is 0.0317. The molecule has 120 valence electrons. The van der Waals surface area contributed by atoms with E-state index in [2.05, 4.69) is 41.4 Å². The third-order valence-electron chi connectivity index (χ3n) is 3.68. The summed E-state index contributed by atoms with van der Waals surface area (Å²) < 4.78 is 1.78. The van der Waals surface area contributed by atoms with Crippen LogP contribution in [0.3, 0.4) is 0 Å². The van der Waals surface area contributed by atoms with Gasteiger partial charge in [0.2, 0.25) is 0 Å². The second-order valence-corrected chi connectivity index (χ2v) is 6.54. The normalized spacial score (nSPS) is 11.8. The van der Waals surface area contributed by atoms with Crippen LogP contribution in [0.25, 0.3) is 5.65 Å². The molecule has 6 heteroatoms. The number of nitrogens with zero attached hydrogens (tertiary/aromatic N) is 4. The Hall–Kier alpha value is -2.47. The van der Waals surface area contributed by atoms with Crippen LogP contribution in [0.4, 0.5) is 5.82 Å². The summed E-state index contributed by atoms with van der Waals surface area (Å²) in [5, 5.41) is 25.7. The van der Waals surface area contributed by atoms with Crippen molar-refractivity contribution in [2.24, 2.45) is 0 Å². The second kappa shape index (κ2) is 5.96. The Bertz CT molecular complexity index is 819. The van der Waals surface area contributed by atoms with Crippen LogP contribution in [0.2, 0.25) is 0 Å². The van der Waals surface area contributed by atoms with Gasteiger partial charge in [-0.15, -0.1) is 15.3 Å². The van der Waals surface area contributed by atoms with Crippen molar-refractivity contribution in [3.63, 3.8) is 0 Å². The number of fused-ring (bicyclic) bond motifs is 1. The average Bonchev–Trinajstić information content (AvgIpc) is 2.96. The van der Waals surface area contributed by atoms with Crippen molar-refractivity contribution in [3.05, 3.63) is 53.3 Å². The molecular weight excluding hydrogens is 290 g/mol. The Kier molecular flexibility index (Phi) is 4.00. The number of benzene rings is 1. The van der Waals surface area contributed by atoms with Crippen LogP contribution in [0.5, 0.6) is 0 Å². The summed E-state index contributed by atoms with van der Waals surface area (Å²) in [6.07, 6.45) is 0. The highest BCUT2D eigenvalue weighted by Crippen LogP contribution is 2.21. The molecule has 0 unspecified atom stereocenters. The Balaban J connectivity index is 1.86. The molecule has 0 aliphatic rings. The summed E-state index contributed by atoms with van der Waals surface area (Å²) in [7, 11) is 0. The van der Waals surface area contributed by atoms with Crippen LogP contribution in [0, 0.1) is 0 Å². The number of aliphatic hydroxyl groups excluding tert-OH is 1. The van der Waals surface area contributed by atoms with E-state index in [4.69, 9.17) is 0 Å². The largest absolute Gasteiger partial charge is 0.392 e. The minimum atomic E-state index is -0.130. The highest BCUT2D eigenvalue weighted by molar-refractivity contribution is 5.45. The van der Waals surface area contributed by atoms with Gasteiger partial charge < -0.3 is 10.4 Å². The van der Waals surface area contributed by atoms with Crippen LogP contribution >= 0.6 is 0 Å². The Morgan fingerprint density at radius 3 is 2.48 bits per heavy atom. The first-order chi connectivity index (χ1) is 11.0. The van der Waals surface area contributed by atoms with Gasteiger partial charge in [0.15, 0.2) is 11.5 Å². The molecule has 0 saturated heterocycles. The van der Waals surface area contributed by atoms with Crippen LogP contribution < -0.4 is 5.32 Å². The zero-order chi connectivity index (χ0) is 16.4. The Labute approximate surface area is 135 Å². The molecule has 1 aromatic carbocycles. The van der Waals surface area contributed by atoms with E-state index in [-0.39, 0.29) is 12.0 Å². The van der Waals surface area contributed by atoms with Crippen molar-refractivity contribution < 1.29 is 5.11 Å². The van der Waals surface area contributed by atoms with E-state index < -0.39 is 0 Å². The predicted molar refractivity (Wildman–Crippen MR) is 89.2 cm³/mol. The van der Waals surface area contributed by atoms with Gasteiger partial charge in [0.05, 0.1) is 6.61 Å². The van der Waals surface area contributed by atoms with Gasteiger partial charge in [-0.2, -0.15) is 4.52 Å². The molecule has 2 aromatic heterocycles. The van der Waals surface area contributed by atoms with Crippen LogP contribution in [0.15, 0.2) is 36.4 Å². The summed E-state index contributed by atoms with van der Waals surface area (Å²) in [6, 6.07) is 11.6. The molecule has 0 radical (unpaired) electrons. The average molecular weight is 311 g/mol. The molecule has 2 N–H and O–H groups in total. The summed E-state index contributed by atoms with van der Waals surface area (Å²) in [5.41, 5.74) is 2.57. The van der Waals surface area contributed by atoms with Crippen molar-refractivity contribution >= 4 is 11.5 Å². The van der Waals surface area contributed by atoms with Crippen LogP contribution in [0.1, 0.15) is 37.7 Å². The highest BCUT2D eigenvalue weighted by atomic mass is 16.3. The van der Waals surface area contributed by atoms with Crippen molar-refractivity contribution in [3.8, 4) is 0 Å². The standard InChI is InChI=1S/C17H21N5O/c1-17(2,3)16-20-19-15-9-8-14(21-22(15)16)18-10-12-6-4-5-7-13(12)11-23/h4-9,23H,10-11H2,1-3H3,(H,18,21). The fourth-order valence-corrected chi connectivity index (χ4v) is 2.42. The third kappa shape index (κ3) is 3.17. The van der Waals surface area contributed by atoms with E-state index in [0.29, 0.717) is 6.54 Å². The maximum Gasteiger partial charge on any atom is 0.178 e. The molecular formula is C17H21N5O. The first-order valence-corrected chi connectivity index (χ1v) is 7.63. The summed E-state index contributed by atoms with van der Waals surface area (Å²) in [5.74, 6) is 1.57. The van der Waals surface area contributed by atoms with Crippen molar-refractivity contribution in [2.75, 3.05) is 5.32 Å². The molecule has 0 aliphatic heterocycles. The van der Waals surface area contributed by atoms with Gasteiger partial charge in [-0.1, -0.05) is 45.0 Å². The van der Waals surface area contributed by atoms with Gasteiger partial charge in [0.25, 0.3) is 0 Å². The quantitative estimate of drug-likeness (QED) is 0.774. The predicted octanol–water partition coefficient (Wildman–Crippen LogP) is 2.53. The Morgan fingerprint density at radius 2 is 1.78 bits per heavy atom. The van der Waals surface area contributed by atoms with E-state index in [0.717, 1.165) is 28.4 Å². The van der Waals surface area contributed by atoms with Crippen LogP contribution in [-0.4, -0.2) is 24.9 Å². The van der Waals surface area contributed by atoms with Crippen LogP contribution in [-0.2, 0) is 18.6 Å². The van der Waals surface area contributed by atoms with E-state index in [1.54, 1.807) is 4.52 Å². The monoisotopic (exact) mass is 311 g/mol. The third-order valence-corrected chi connectivity index (χ3v) is 3.68. The van der Waals surface area contributed by atoms with Gasteiger partial charge >= 0.3 is 0 Å². The molecule has 0 bridgehead atoms. The number of nitrogens with one attached hydrogen (secondary N) is 1. The summed E-state index contributed by atoms with van der Waals surface area (Å²) >= 11 is 0. The number of anilines is 1. The van der Waals surface area contributed by atoms with Crippen molar-refractivity contribution in [2.45, 2.75) is 39.3 Å². The van der Waals surface area contributed by atoms with E-state index in [1.165, 1.54) is 0 Å². The fourth-order valence-electron chi connectivity index (χ4n) is 2.42. The summed E-state index contributed by atoms with van der Waals surface area (Å²) in [4.78, 5) is 0. The fraction of sp³-hybridized carbons (Fsp3) is 0.353. The van der Waals surface area contributed by atoms with Gasteiger partial charge in [0, 0.05) is 12.0 Å². The molecule has 3 rings (SSSR count). The zero-order valence-corrected chi connectivity index (χ0v) is 13.6. The second-order valence-electron chi connectivity index (χ2n) is 6.54. The molecule has 23 heavy (non-hydrogen) atoms. The molecule has 0 spiro atoms. The smallest absolute Gasteiger partial charge is 0.178 e. The first-order valence-electron chi connectivity index (χ1n) is 7.63. The molecule has 2 heterocycles. The van der Waals surface area contributed by atoms with E-state index in [1.807, 2.05) is 36.4 Å². The number of hydrogen-bond donors (Lipinski definition) is 2. The van der Waals surface area contributed by atoms with E-state index in [9.17, 15) is 5.11 Å². The number of aliphatic hydroxyl groups is 1. The van der Waals surface area contributed by atoms with E-state index >= 15 is 0 Å². The molecule has 0 atom stereocenters. The first kappa shape index (κ1) is 15.4.